The third-order valence-corrected chi connectivity index (χ3v) is 5.50. The molecule has 18 heavy (non-hydrogen) atoms. The van der Waals surface area contributed by atoms with Gasteiger partial charge in [0.2, 0.25) is 10.0 Å². The van der Waals surface area contributed by atoms with Gasteiger partial charge >= 0.3 is 0 Å². The van der Waals surface area contributed by atoms with Crippen molar-refractivity contribution < 1.29 is 13.2 Å². The van der Waals surface area contributed by atoms with E-state index < -0.39 is 10.0 Å². The Morgan fingerprint density at radius 3 is 2.83 bits per heavy atom. The third-order valence-electron chi connectivity index (χ3n) is 3.52. The minimum Gasteiger partial charge on any atom is -0.370 e. The van der Waals surface area contributed by atoms with Gasteiger partial charge in [0.25, 0.3) is 0 Å². The van der Waals surface area contributed by atoms with E-state index in [1.807, 2.05) is 13.1 Å². The smallest absolute Gasteiger partial charge is 0.214 e. The number of nitrogens with one attached hydrogen (secondary N) is 1. The van der Waals surface area contributed by atoms with E-state index >= 15 is 0 Å². The first-order chi connectivity index (χ1) is 8.58. The van der Waals surface area contributed by atoms with E-state index in [-0.39, 0.29) is 17.4 Å². The molecule has 1 N–H and O–H groups in total. The topological polar surface area (TPSA) is 73.2 Å². The van der Waals surface area contributed by atoms with Gasteiger partial charge in [-0.3, -0.25) is 4.68 Å². The second-order valence-electron chi connectivity index (χ2n) is 4.93. The number of nitrogens with zero attached hydrogens (tertiary/aromatic N) is 2. The van der Waals surface area contributed by atoms with Gasteiger partial charge in [0.15, 0.2) is 0 Å². The molecule has 2 atom stereocenters. The number of aromatic nitrogens is 2. The van der Waals surface area contributed by atoms with Crippen LogP contribution in [0.25, 0.3) is 0 Å². The van der Waals surface area contributed by atoms with Crippen LogP contribution < -0.4 is 4.72 Å². The Bertz CT molecular complexity index is 535. The lowest BCUT2D eigenvalue weighted by atomic mass is 10.1. The maximum atomic E-state index is 12.0. The molecule has 0 amide bonds. The average Bonchev–Trinajstić information content (AvgIpc) is 2.97. The molecule has 1 aliphatic heterocycles. The second-order valence-corrected chi connectivity index (χ2v) is 6.92. The van der Waals surface area contributed by atoms with Crippen LogP contribution in [0.1, 0.15) is 31.1 Å². The van der Waals surface area contributed by atoms with E-state index in [1.165, 1.54) is 0 Å². The van der Waals surface area contributed by atoms with Crippen LogP contribution in [0.15, 0.2) is 12.3 Å². The molecule has 6 nitrogen and oxygen atoms in total. The number of ether oxygens (including phenoxy) is 1. The van der Waals surface area contributed by atoms with Gasteiger partial charge in [-0.15, -0.1) is 0 Å². The fourth-order valence-electron chi connectivity index (χ4n) is 2.35. The largest absolute Gasteiger partial charge is 0.370 e. The number of hydrogen-bond acceptors (Lipinski definition) is 4. The number of aryl methyl sites for hydroxylation is 1. The van der Waals surface area contributed by atoms with Gasteiger partial charge in [0, 0.05) is 19.9 Å². The Morgan fingerprint density at radius 2 is 2.22 bits per heavy atom. The van der Waals surface area contributed by atoms with Crippen molar-refractivity contribution in [1.82, 2.24) is 14.5 Å². The summed E-state index contributed by atoms with van der Waals surface area (Å²) in [6.07, 6.45) is 3.73. The highest BCUT2D eigenvalue weighted by Gasteiger charge is 2.41. The van der Waals surface area contributed by atoms with Crippen molar-refractivity contribution in [2.75, 3.05) is 6.61 Å². The second kappa shape index (κ2) is 4.32. The maximum absolute atomic E-state index is 12.0. The molecule has 2 aliphatic rings. The van der Waals surface area contributed by atoms with Crippen LogP contribution in [-0.2, 0) is 21.8 Å². The Morgan fingerprint density at radius 1 is 1.44 bits per heavy atom. The Labute approximate surface area is 106 Å². The van der Waals surface area contributed by atoms with Crippen LogP contribution >= 0.6 is 0 Å². The zero-order valence-electron chi connectivity index (χ0n) is 10.2. The van der Waals surface area contributed by atoms with Gasteiger partial charge in [-0.25, -0.2) is 13.1 Å². The molecule has 1 aromatic heterocycles. The maximum Gasteiger partial charge on any atom is 0.214 e. The van der Waals surface area contributed by atoms with E-state index in [9.17, 15) is 8.42 Å². The first kappa shape index (κ1) is 12.1. The first-order valence-corrected chi connectivity index (χ1v) is 7.73. The zero-order valence-corrected chi connectivity index (χ0v) is 11.1. The van der Waals surface area contributed by atoms with Gasteiger partial charge in [-0.05, 0) is 25.3 Å². The molecule has 1 aliphatic carbocycles. The number of rotatable bonds is 4. The summed E-state index contributed by atoms with van der Waals surface area (Å²) in [5.41, 5.74) is 0.913. The highest BCUT2D eigenvalue weighted by molar-refractivity contribution is 7.90. The molecule has 0 radical (unpaired) electrons. The van der Waals surface area contributed by atoms with Crippen LogP contribution in [0.5, 0.6) is 0 Å². The van der Waals surface area contributed by atoms with E-state index in [0.29, 0.717) is 13.0 Å². The summed E-state index contributed by atoms with van der Waals surface area (Å²) in [4.78, 5) is 0. The SMILES string of the molecule is Cn1nccc1[C@H]1OCC[C@@H]1NS(=O)(=O)C1CC1. The lowest BCUT2D eigenvalue weighted by Crippen LogP contribution is -2.39. The lowest BCUT2D eigenvalue weighted by Gasteiger charge is -2.19. The van der Waals surface area contributed by atoms with Crippen LogP contribution in [0.2, 0.25) is 0 Å². The normalized spacial score (nSPS) is 28.7. The first-order valence-electron chi connectivity index (χ1n) is 6.18. The summed E-state index contributed by atoms with van der Waals surface area (Å²) in [6.45, 7) is 0.577. The summed E-state index contributed by atoms with van der Waals surface area (Å²) >= 11 is 0. The minimum absolute atomic E-state index is 0.175. The van der Waals surface area contributed by atoms with Crippen LogP contribution in [0.3, 0.4) is 0 Å². The predicted molar refractivity (Wildman–Crippen MR) is 65.4 cm³/mol. The molecule has 1 saturated heterocycles. The van der Waals surface area contributed by atoms with Gasteiger partial charge in [-0.1, -0.05) is 0 Å². The van der Waals surface area contributed by atoms with E-state index in [4.69, 9.17) is 4.74 Å². The van der Waals surface area contributed by atoms with Crippen LogP contribution in [0.4, 0.5) is 0 Å². The van der Waals surface area contributed by atoms with Crippen molar-refractivity contribution in [1.29, 1.82) is 0 Å². The fourth-order valence-corrected chi connectivity index (χ4v) is 3.96. The Balaban J connectivity index is 1.77. The van der Waals surface area contributed by atoms with Crippen molar-refractivity contribution in [3.63, 3.8) is 0 Å². The molecule has 100 valence electrons. The molecule has 0 aromatic carbocycles. The molecule has 2 fully saturated rings. The summed E-state index contributed by atoms with van der Waals surface area (Å²) in [7, 11) is -1.33. The zero-order chi connectivity index (χ0) is 12.8. The molecule has 2 heterocycles. The van der Waals surface area contributed by atoms with Crippen LogP contribution in [0, 0.1) is 0 Å². The summed E-state index contributed by atoms with van der Waals surface area (Å²) in [5.74, 6) is 0. The van der Waals surface area contributed by atoms with Gasteiger partial charge in [0.05, 0.1) is 17.0 Å². The van der Waals surface area contributed by atoms with Gasteiger partial charge in [0.1, 0.15) is 6.10 Å². The van der Waals surface area contributed by atoms with Gasteiger partial charge < -0.3 is 4.74 Å². The standard InChI is InChI=1S/C11H17N3O3S/c1-14-10(4-6-12-14)11-9(5-7-17-11)13-18(15,16)8-2-3-8/h4,6,8-9,11,13H,2-3,5,7H2,1H3/t9-,11-/m0/s1. The van der Waals surface area contributed by atoms with E-state index in [2.05, 4.69) is 9.82 Å². The molecule has 1 saturated carbocycles. The quantitative estimate of drug-likeness (QED) is 0.856. The molecule has 3 rings (SSSR count). The molecular formula is C11H17N3O3S. The summed E-state index contributed by atoms with van der Waals surface area (Å²) in [6, 6.07) is 1.69. The van der Waals surface area contributed by atoms with Crippen LogP contribution in [-0.4, -0.2) is 36.1 Å². The van der Waals surface area contributed by atoms with Crippen molar-refractivity contribution in [3.05, 3.63) is 18.0 Å². The van der Waals surface area contributed by atoms with Crippen molar-refractivity contribution in [2.45, 2.75) is 36.7 Å². The highest BCUT2D eigenvalue weighted by Crippen LogP contribution is 2.32. The van der Waals surface area contributed by atoms with Gasteiger partial charge in [-0.2, -0.15) is 5.10 Å². The third kappa shape index (κ3) is 2.17. The Kier molecular flexibility index (Phi) is 2.91. The number of sulfonamides is 1. The minimum atomic E-state index is -3.17. The van der Waals surface area contributed by atoms with Crippen molar-refractivity contribution in [2.24, 2.45) is 7.05 Å². The highest BCUT2D eigenvalue weighted by atomic mass is 32.2. The van der Waals surface area contributed by atoms with E-state index in [0.717, 1.165) is 18.5 Å². The predicted octanol–water partition coefficient (Wildman–Crippen LogP) is 0.332. The molecule has 1 aromatic rings. The van der Waals surface area contributed by atoms with Crippen molar-refractivity contribution in [3.8, 4) is 0 Å². The molecule has 0 spiro atoms. The average molecular weight is 271 g/mol. The summed E-state index contributed by atoms with van der Waals surface area (Å²) < 4.78 is 34.1. The molecular weight excluding hydrogens is 254 g/mol. The Hall–Kier alpha value is -0.920. The molecule has 0 bridgehead atoms. The monoisotopic (exact) mass is 271 g/mol. The van der Waals surface area contributed by atoms with Crippen molar-refractivity contribution >= 4 is 10.0 Å². The number of hydrogen-bond donors (Lipinski definition) is 1. The molecule has 0 unspecified atom stereocenters. The summed E-state index contributed by atoms with van der Waals surface area (Å²) in [5, 5.41) is 3.91. The lowest BCUT2D eigenvalue weighted by molar-refractivity contribution is 0.0959. The van der Waals surface area contributed by atoms with E-state index in [1.54, 1.807) is 10.9 Å². The molecule has 7 heteroatoms. The fraction of sp³-hybridized carbons (Fsp3) is 0.727.